The van der Waals surface area contributed by atoms with Gasteiger partial charge >= 0.3 is 12.1 Å². The fraction of sp³-hybridized carbons (Fsp3) is 0.316. The van der Waals surface area contributed by atoms with E-state index in [1.54, 1.807) is 0 Å². The molecule has 0 saturated carbocycles. The molecule has 1 unspecified atom stereocenters. The third-order valence-electron chi connectivity index (χ3n) is 4.69. The average molecular weight is 481 g/mol. The number of halogens is 7. The molecule has 0 radical (unpaired) electrons. The van der Waals surface area contributed by atoms with Gasteiger partial charge < -0.3 is 15.8 Å². The van der Waals surface area contributed by atoms with Crippen molar-refractivity contribution >= 4 is 29.2 Å². The molecule has 2 aromatic rings. The number of carbonyl (C=O) groups is 1. The number of amides is 1. The number of hydrogen-bond acceptors (Lipinski definition) is 5. The first-order chi connectivity index (χ1) is 14.6. The minimum atomic E-state index is -4.72. The molecule has 32 heavy (non-hydrogen) atoms. The number of carbonyl (C=O) groups excluding carboxylic acids is 1. The number of nitrogens with zero attached hydrogens (tertiary/aromatic N) is 2. The molecule has 1 atom stereocenters. The summed E-state index contributed by atoms with van der Waals surface area (Å²) in [5.74, 6) is -5.77. The quantitative estimate of drug-likeness (QED) is 0.609. The predicted octanol–water partition coefficient (Wildman–Crippen LogP) is 4.95. The molecule has 1 amide bonds. The Bertz CT molecular complexity index is 1100. The lowest BCUT2D eigenvalue weighted by Crippen LogP contribution is -2.54. The summed E-state index contributed by atoms with van der Waals surface area (Å²) in [6.45, 7) is 2.12. The lowest BCUT2D eigenvalue weighted by atomic mass is 9.88. The highest BCUT2D eigenvalue weighted by Gasteiger charge is 2.59. The van der Waals surface area contributed by atoms with Crippen LogP contribution < -0.4 is 11.1 Å². The standard InChI is InChI=1S/C19H15ClF6N4O2/c1-17(2)18(22,23)14(30-16(27)32-17)10-6-9(3-4-12(10)21)29-15(31)13-11(20)5-8(7-28-13)19(24,25)26/h3-7,14H,1-2H3,(H2,27,30)(H,29,31). The van der Waals surface area contributed by atoms with E-state index < -0.39 is 63.3 Å². The number of anilines is 1. The highest BCUT2D eigenvalue weighted by atomic mass is 35.5. The third kappa shape index (κ3) is 4.31. The van der Waals surface area contributed by atoms with Crippen molar-refractivity contribution in [2.24, 2.45) is 10.7 Å². The Hall–Kier alpha value is -3.02. The summed E-state index contributed by atoms with van der Waals surface area (Å²) in [4.78, 5) is 19.3. The molecular formula is C19H15ClF6N4O2. The average Bonchev–Trinajstić information content (AvgIpc) is 2.65. The summed E-state index contributed by atoms with van der Waals surface area (Å²) in [5.41, 5.74) is 0.905. The first kappa shape index (κ1) is 23.6. The van der Waals surface area contributed by atoms with Crippen LogP contribution in [-0.4, -0.2) is 28.4 Å². The number of nitrogens with two attached hydrogens (primary N) is 1. The number of benzene rings is 1. The van der Waals surface area contributed by atoms with E-state index in [0.717, 1.165) is 32.0 Å². The molecule has 1 aliphatic rings. The fourth-order valence-electron chi connectivity index (χ4n) is 2.94. The molecule has 0 saturated heterocycles. The monoisotopic (exact) mass is 480 g/mol. The smallest absolute Gasteiger partial charge is 0.417 e. The van der Waals surface area contributed by atoms with Crippen LogP contribution in [0.5, 0.6) is 0 Å². The zero-order chi connectivity index (χ0) is 24.1. The highest BCUT2D eigenvalue weighted by Crippen LogP contribution is 2.47. The Morgan fingerprint density at radius 3 is 2.50 bits per heavy atom. The molecule has 3 N–H and O–H groups in total. The molecule has 0 spiro atoms. The SMILES string of the molecule is CC1(C)OC(N)=NC(c2cc(NC(=O)c3ncc(C(F)(F)F)cc3Cl)ccc2F)C1(F)F. The van der Waals surface area contributed by atoms with Gasteiger partial charge in [-0.2, -0.15) is 22.0 Å². The van der Waals surface area contributed by atoms with E-state index in [9.17, 15) is 31.1 Å². The summed E-state index contributed by atoms with van der Waals surface area (Å²) >= 11 is 5.73. The number of alkyl halides is 5. The third-order valence-corrected chi connectivity index (χ3v) is 4.98. The van der Waals surface area contributed by atoms with Crippen LogP contribution in [0.2, 0.25) is 5.02 Å². The lowest BCUT2D eigenvalue weighted by molar-refractivity contribution is -0.180. The van der Waals surface area contributed by atoms with Crippen molar-refractivity contribution in [1.29, 1.82) is 0 Å². The molecule has 2 heterocycles. The Labute approximate surface area is 182 Å². The van der Waals surface area contributed by atoms with Crippen LogP contribution in [0.25, 0.3) is 0 Å². The first-order valence-electron chi connectivity index (χ1n) is 8.87. The van der Waals surface area contributed by atoms with Crippen LogP contribution in [0.3, 0.4) is 0 Å². The molecule has 1 aromatic carbocycles. The van der Waals surface area contributed by atoms with Gasteiger partial charge in [0.2, 0.25) is 0 Å². The minimum Gasteiger partial charge on any atom is -0.453 e. The molecule has 0 aliphatic carbocycles. The van der Waals surface area contributed by atoms with Crippen LogP contribution in [0.15, 0.2) is 35.5 Å². The lowest BCUT2D eigenvalue weighted by Gasteiger charge is -2.41. The van der Waals surface area contributed by atoms with Crippen molar-refractivity contribution in [3.8, 4) is 0 Å². The van der Waals surface area contributed by atoms with E-state index >= 15 is 0 Å². The van der Waals surface area contributed by atoms with Crippen LogP contribution in [0, 0.1) is 5.82 Å². The Morgan fingerprint density at radius 1 is 1.25 bits per heavy atom. The number of aromatic nitrogens is 1. The highest BCUT2D eigenvalue weighted by molar-refractivity contribution is 6.34. The predicted molar refractivity (Wildman–Crippen MR) is 103 cm³/mol. The van der Waals surface area contributed by atoms with Crippen LogP contribution in [0.4, 0.5) is 32.0 Å². The van der Waals surface area contributed by atoms with Crippen molar-refractivity contribution in [2.45, 2.75) is 37.6 Å². The Morgan fingerprint density at radius 2 is 1.91 bits per heavy atom. The zero-order valence-corrected chi connectivity index (χ0v) is 17.2. The molecule has 13 heteroatoms. The number of ether oxygens (including phenoxy) is 1. The van der Waals surface area contributed by atoms with Crippen LogP contribution >= 0.6 is 11.6 Å². The molecule has 3 rings (SSSR count). The van der Waals surface area contributed by atoms with Crippen molar-refractivity contribution in [3.05, 3.63) is 58.1 Å². The molecule has 172 valence electrons. The van der Waals surface area contributed by atoms with Gasteiger partial charge in [0.25, 0.3) is 11.9 Å². The Balaban J connectivity index is 1.93. The minimum absolute atomic E-state index is 0.155. The Kier molecular flexibility index (Phi) is 5.79. The molecule has 0 fully saturated rings. The summed E-state index contributed by atoms with van der Waals surface area (Å²) in [7, 11) is 0. The topological polar surface area (TPSA) is 89.6 Å². The van der Waals surface area contributed by atoms with Gasteiger partial charge in [0, 0.05) is 17.4 Å². The van der Waals surface area contributed by atoms with Gasteiger partial charge in [-0.15, -0.1) is 0 Å². The van der Waals surface area contributed by atoms with E-state index in [1.807, 2.05) is 0 Å². The van der Waals surface area contributed by atoms with Gasteiger partial charge in [-0.1, -0.05) is 11.6 Å². The van der Waals surface area contributed by atoms with E-state index in [1.165, 1.54) is 0 Å². The van der Waals surface area contributed by atoms with Crippen LogP contribution in [-0.2, 0) is 10.9 Å². The number of nitrogens with one attached hydrogen (secondary N) is 1. The van der Waals surface area contributed by atoms with Crippen molar-refractivity contribution in [1.82, 2.24) is 4.98 Å². The van der Waals surface area contributed by atoms with Gasteiger partial charge in [0.05, 0.1) is 10.6 Å². The van der Waals surface area contributed by atoms with Gasteiger partial charge in [0.15, 0.2) is 11.6 Å². The molecule has 1 aromatic heterocycles. The zero-order valence-electron chi connectivity index (χ0n) is 16.4. The molecular weight excluding hydrogens is 466 g/mol. The summed E-state index contributed by atoms with van der Waals surface area (Å²) < 4.78 is 87.2. The van der Waals surface area contributed by atoms with E-state index in [-0.39, 0.29) is 5.69 Å². The van der Waals surface area contributed by atoms with E-state index in [0.29, 0.717) is 12.3 Å². The van der Waals surface area contributed by atoms with Gasteiger partial charge in [0.1, 0.15) is 11.5 Å². The summed E-state index contributed by atoms with van der Waals surface area (Å²) in [6.07, 6.45) is -4.30. The summed E-state index contributed by atoms with van der Waals surface area (Å²) in [6, 6.07) is 0.668. The summed E-state index contributed by atoms with van der Waals surface area (Å²) in [5, 5.41) is 1.65. The normalized spacial score (nSPS) is 19.7. The second-order valence-corrected chi connectivity index (χ2v) is 7.76. The maximum Gasteiger partial charge on any atom is 0.417 e. The first-order valence-corrected chi connectivity index (χ1v) is 9.25. The van der Waals surface area contributed by atoms with Gasteiger partial charge in [-0.05, 0) is 38.1 Å². The number of aliphatic imine (C=N–C) groups is 1. The van der Waals surface area contributed by atoms with E-state index in [4.69, 9.17) is 22.1 Å². The largest absolute Gasteiger partial charge is 0.453 e. The molecule has 6 nitrogen and oxygen atoms in total. The number of rotatable bonds is 3. The van der Waals surface area contributed by atoms with Crippen molar-refractivity contribution in [3.63, 3.8) is 0 Å². The van der Waals surface area contributed by atoms with Crippen molar-refractivity contribution < 1.29 is 35.9 Å². The maximum absolute atomic E-state index is 14.9. The number of hydrogen-bond donors (Lipinski definition) is 2. The second kappa shape index (κ2) is 7.84. The van der Waals surface area contributed by atoms with Crippen LogP contribution in [0.1, 0.15) is 41.5 Å². The number of amidine groups is 1. The molecule has 0 bridgehead atoms. The van der Waals surface area contributed by atoms with Gasteiger partial charge in [-0.3, -0.25) is 4.79 Å². The van der Waals surface area contributed by atoms with E-state index in [2.05, 4.69) is 15.3 Å². The van der Waals surface area contributed by atoms with Crippen molar-refractivity contribution in [2.75, 3.05) is 5.32 Å². The molecule has 1 aliphatic heterocycles. The van der Waals surface area contributed by atoms with Gasteiger partial charge in [-0.25, -0.2) is 14.4 Å². The maximum atomic E-state index is 14.9. The second-order valence-electron chi connectivity index (χ2n) is 7.35. The fourth-order valence-corrected chi connectivity index (χ4v) is 3.19. The number of pyridine rings is 1.